The molecule has 0 unspecified atom stereocenters. The molecule has 144 valence electrons. The van der Waals surface area contributed by atoms with E-state index in [4.69, 9.17) is 9.57 Å². The van der Waals surface area contributed by atoms with Gasteiger partial charge in [-0.1, -0.05) is 29.3 Å². The maximum Gasteiger partial charge on any atom is 0.339 e. The molecule has 2 aromatic rings. The molecule has 0 N–H and O–H groups in total. The third-order valence-electron chi connectivity index (χ3n) is 5.27. The van der Waals surface area contributed by atoms with Crippen LogP contribution in [0.3, 0.4) is 0 Å². The molecule has 6 nitrogen and oxygen atoms in total. The van der Waals surface area contributed by atoms with Crippen molar-refractivity contribution in [3.8, 4) is 0 Å². The molecule has 1 saturated heterocycles. The number of hydrogen-bond acceptors (Lipinski definition) is 5. The Labute approximate surface area is 160 Å². The van der Waals surface area contributed by atoms with E-state index in [1.807, 2.05) is 0 Å². The first-order chi connectivity index (χ1) is 13.5. The number of ether oxygens (including phenoxy) is 1. The molecule has 1 fully saturated rings. The van der Waals surface area contributed by atoms with Gasteiger partial charge in [-0.25, -0.2) is 9.18 Å². The minimum atomic E-state index is -0.953. The van der Waals surface area contributed by atoms with E-state index < -0.39 is 23.2 Å². The molecule has 2 aromatic carbocycles. The summed E-state index contributed by atoms with van der Waals surface area (Å²) in [5, 5.41) is 0.537. The van der Waals surface area contributed by atoms with E-state index in [0.717, 1.165) is 5.56 Å². The summed E-state index contributed by atoms with van der Waals surface area (Å²) in [4.78, 5) is 43.4. The highest BCUT2D eigenvalue weighted by Crippen LogP contribution is 2.37. The third-order valence-corrected chi connectivity index (χ3v) is 5.27. The molecule has 0 bridgehead atoms. The van der Waals surface area contributed by atoms with Gasteiger partial charge >= 0.3 is 5.97 Å². The van der Waals surface area contributed by atoms with Gasteiger partial charge in [0.15, 0.2) is 0 Å². The number of benzene rings is 2. The predicted molar refractivity (Wildman–Crippen MR) is 95.6 cm³/mol. The molecule has 28 heavy (non-hydrogen) atoms. The summed E-state index contributed by atoms with van der Waals surface area (Å²) in [6, 6.07) is 12.2. The van der Waals surface area contributed by atoms with Crippen LogP contribution >= 0.6 is 0 Å². The standard InChI is InChI=1S/C21H18FNO5/c22-15-7-5-14(6-8-15)13-21(9-11-27-12-10-21)20(26)28-23-18(24)16-3-1-2-4-17(16)19(23)25/h1-8H,9-13H2. The Kier molecular flexibility index (Phi) is 4.68. The lowest BCUT2D eigenvalue weighted by Crippen LogP contribution is -2.44. The number of imide groups is 1. The zero-order valence-corrected chi connectivity index (χ0v) is 15.0. The minimum Gasteiger partial charge on any atom is -0.381 e. The van der Waals surface area contributed by atoms with Gasteiger partial charge in [0.25, 0.3) is 11.8 Å². The van der Waals surface area contributed by atoms with Crippen molar-refractivity contribution < 1.29 is 28.3 Å². The van der Waals surface area contributed by atoms with Crippen molar-refractivity contribution in [1.29, 1.82) is 0 Å². The van der Waals surface area contributed by atoms with Crippen LogP contribution in [0.2, 0.25) is 0 Å². The zero-order valence-electron chi connectivity index (χ0n) is 15.0. The van der Waals surface area contributed by atoms with Gasteiger partial charge in [-0.3, -0.25) is 9.59 Å². The van der Waals surface area contributed by atoms with Crippen LogP contribution in [0.1, 0.15) is 39.1 Å². The lowest BCUT2D eigenvalue weighted by atomic mass is 9.75. The lowest BCUT2D eigenvalue weighted by Gasteiger charge is -2.35. The Hall–Kier alpha value is -3.06. The number of nitrogens with zero attached hydrogens (tertiary/aromatic N) is 1. The van der Waals surface area contributed by atoms with Crippen molar-refractivity contribution in [3.63, 3.8) is 0 Å². The number of carbonyl (C=O) groups excluding carboxylic acids is 3. The highest BCUT2D eigenvalue weighted by atomic mass is 19.1. The zero-order chi connectivity index (χ0) is 19.7. The SMILES string of the molecule is O=C1c2ccccc2C(=O)N1OC(=O)C1(Cc2ccc(F)cc2)CCOCC1. The monoisotopic (exact) mass is 383 g/mol. The van der Waals surface area contributed by atoms with Gasteiger partial charge in [0, 0.05) is 13.2 Å². The highest BCUT2D eigenvalue weighted by Gasteiger charge is 2.46. The molecule has 2 aliphatic heterocycles. The van der Waals surface area contributed by atoms with Crippen LogP contribution in [0.5, 0.6) is 0 Å². The first kappa shape index (κ1) is 18.3. The Morgan fingerprint density at radius 1 is 1.00 bits per heavy atom. The lowest BCUT2D eigenvalue weighted by molar-refractivity contribution is -0.186. The van der Waals surface area contributed by atoms with Crippen molar-refractivity contribution in [2.24, 2.45) is 5.41 Å². The van der Waals surface area contributed by atoms with Crippen molar-refractivity contribution in [1.82, 2.24) is 5.06 Å². The van der Waals surface area contributed by atoms with Gasteiger partial charge in [-0.2, -0.15) is 0 Å². The number of fused-ring (bicyclic) bond motifs is 1. The van der Waals surface area contributed by atoms with Gasteiger partial charge in [-0.15, -0.1) is 0 Å². The molecule has 7 heteroatoms. The first-order valence-electron chi connectivity index (χ1n) is 9.03. The minimum absolute atomic E-state index is 0.208. The molecule has 0 aromatic heterocycles. The van der Waals surface area contributed by atoms with Gasteiger partial charge in [0.05, 0.1) is 16.5 Å². The van der Waals surface area contributed by atoms with E-state index in [1.54, 1.807) is 24.3 Å². The summed E-state index contributed by atoms with van der Waals surface area (Å²) < 4.78 is 18.6. The molecule has 4 rings (SSSR count). The maximum atomic E-state index is 13.2. The molecule has 0 radical (unpaired) electrons. The van der Waals surface area contributed by atoms with Gasteiger partial charge in [0.2, 0.25) is 0 Å². The Bertz CT molecular complexity index is 899. The molecule has 2 aliphatic rings. The Balaban J connectivity index is 1.57. The van der Waals surface area contributed by atoms with Crippen LogP contribution in [-0.4, -0.2) is 36.1 Å². The summed E-state index contributed by atoms with van der Waals surface area (Å²) in [6.45, 7) is 0.719. The summed E-state index contributed by atoms with van der Waals surface area (Å²) in [7, 11) is 0. The van der Waals surface area contributed by atoms with E-state index in [2.05, 4.69) is 0 Å². The molecule has 0 saturated carbocycles. The van der Waals surface area contributed by atoms with E-state index in [9.17, 15) is 18.8 Å². The molecule has 2 heterocycles. The second kappa shape index (κ2) is 7.16. The summed E-state index contributed by atoms with van der Waals surface area (Å²) in [5.74, 6) is -2.33. The fourth-order valence-electron chi connectivity index (χ4n) is 3.64. The van der Waals surface area contributed by atoms with Gasteiger partial charge < -0.3 is 9.57 Å². The third kappa shape index (κ3) is 3.18. The van der Waals surface area contributed by atoms with Crippen LogP contribution in [-0.2, 0) is 20.8 Å². The molecule has 2 amide bonds. The summed E-state index contributed by atoms with van der Waals surface area (Å²) in [6.07, 6.45) is 1.07. The van der Waals surface area contributed by atoms with E-state index >= 15 is 0 Å². The smallest absolute Gasteiger partial charge is 0.339 e. The molecular weight excluding hydrogens is 365 g/mol. The second-order valence-electron chi connectivity index (χ2n) is 7.02. The van der Waals surface area contributed by atoms with Crippen LogP contribution in [0.4, 0.5) is 4.39 Å². The number of hydrogen-bond donors (Lipinski definition) is 0. The van der Waals surface area contributed by atoms with Crippen LogP contribution in [0, 0.1) is 11.2 Å². The van der Waals surface area contributed by atoms with E-state index in [0.29, 0.717) is 37.5 Å². The normalized spacial score (nSPS) is 18.1. The summed E-state index contributed by atoms with van der Waals surface area (Å²) in [5.41, 5.74) is 0.230. The number of halogens is 1. The predicted octanol–water partition coefficient (Wildman–Crippen LogP) is 2.92. The van der Waals surface area contributed by atoms with Gasteiger partial charge in [0.1, 0.15) is 5.82 Å². The van der Waals surface area contributed by atoms with Crippen LogP contribution in [0.25, 0.3) is 0 Å². The largest absolute Gasteiger partial charge is 0.381 e. The number of amides is 2. The average Bonchev–Trinajstić information content (AvgIpc) is 2.96. The fourth-order valence-corrected chi connectivity index (χ4v) is 3.64. The van der Waals surface area contributed by atoms with Crippen molar-refractivity contribution in [2.75, 3.05) is 13.2 Å². The number of rotatable bonds is 4. The van der Waals surface area contributed by atoms with Gasteiger partial charge in [-0.05, 0) is 49.1 Å². The maximum absolute atomic E-state index is 13.2. The van der Waals surface area contributed by atoms with Crippen LogP contribution in [0.15, 0.2) is 48.5 Å². The van der Waals surface area contributed by atoms with E-state index in [-0.39, 0.29) is 16.9 Å². The molecule has 0 aliphatic carbocycles. The quantitative estimate of drug-likeness (QED) is 0.759. The molecule has 0 spiro atoms. The Morgan fingerprint density at radius 2 is 1.57 bits per heavy atom. The van der Waals surface area contributed by atoms with Crippen molar-refractivity contribution >= 4 is 17.8 Å². The van der Waals surface area contributed by atoms with Crippen molar-refractivity contribution in [2.45, 2.75) is 19.3 Å². The van der Waals surface area contributed by atoms with Crippen LogP contribution < -0.4 is 0 Å². The summed E-state index contributed by atoms with van der Waals surface area (Å²) >= 11 is 0. The first-order valence-corrected chi connectivity index (χ1v) is 9.03. The number of hydroxylamine groups is 2. The van der Waals surface area contributed by atoms with Crippen molar-refractivity contribution in [3.05, 3.63) is 71.0 Å². The second-order valence-corrected chi connectivity index (χ2v) is 7.02. The topological polar surface area (TPSA) is 72.9 Å². The molecular formula is C21H18FNO5. The Morgan fingerprint density at radius 3 is 2.14 bits per heavy atom. The number of carbonyl (C=O) groups is 3. The van der Waals surface area contributed by atoms with E-state index in [1.165, 1.54) is 24.3 Å². The highest BCUT2D eigenvalue weighted by molar-refractivity contribution is 6.20. The average molecular weight is 383 g/mol. The fraction of sp³-hybridized carbons (Fsp3) is 0.286. The molecule has 0 atom stereocenters.